The minimum absolute atomic E-state index is 0.609. The van der Waals surface area contributed by atoms with Crippen molar-refractivity contribution in [3.8, 4) is 0 Å². The van der Waals surface area contributed by atoms with Crippen molar-refractivity contribution in [3.05, 3.63) is 0 Å². The zero-order valence-electron chi connectivity index (χ0n) is 6.73. The Bertz CT molecular complexity index is 143. The van der Waals surface area contributed by atoms with Gasteiger partial charge in [0.1, 0.15) is 0 Å². The summed E-state index contributed by atoms with van der Waals surface area (Å²) in [6.07, 6.45) is 1.39. The molecule has 5 nitrogen and oxygen atoms in total. The van der Waals surface area contributed by atoms with Crippen LogP contribution < -0.4 is 0 Å². The molecule has 6 heteroatoms. The third-order valence-electron chi connectivity index (χ3n) is 1.12. The van der Waals surface area contributed by atoms with E-state index in [2.05, 4.69) is 4.99 Å². The Kier molecular flexibility index (Phi) is 5.91. The summed E-state index contributed by atoms with van der Waals surface area (Å²) < 4.78 is 14.7. The fourth-order valence-electron chi connectivity index (χ4n) is 0.606. The average molecular weight is 177 g/mol. The Hall–Kier alpha value is -0.523. The highest BCUT2D eigenvalue weighted by Crippen LogP contribution is 1.98. The number of carbonyl (C=O) groups excluding carboxylic acids is 1. The first-order chi connectivity index (χ1) is 5.29. The smallest absolute Gasteiger partial charge is 0.375 e. The van der Waals surface area contributed by atoms with Gasteiger partial charge in [0, 0.05) is 21.3 Å². The highest BCUT2D eigenvalue weighted by atomic mass is 28.3. The van der Waals surface area contributed by atoms with Crippen molar-refractivity contribution in [1.82, 2.24) is 0 Å². The summed E-state index contributed by atoms with van der Waals surface area (Å²) in [5.74, 6) is -0.609. The Morgan fingerprint density at radius 1 is 1.36 bits per heavy atom. The number of methoxy groups -OCH3 is 1. The third-order valence-corrected chi connectivity index (χ3v) is 2.94. The van der Waals surface area contributed by atoms with E-state index in [0.717, 1.165) is 0 Å². The molecule has 0 aromatic carbocycles. The molecule has 0 fully saturated rings. The van der Waals surface area contributed by atoms with Crippen LogP contribution in [0.3, 0.4) is 0 Å². The van der Waals surface area contributed by atoms with Gasteiger partial charge in [0.15, 0.2) is 5.85 Å². The van der Waals surface area contributed by atoms with Crippen molar-refractivity contribution in [1.29, 1.82) is 0 Å². The fraction of sp³-hybridized carbons (Fsp3) is 0.800. The van der Waals surface area contributed by atoms with E-state index in [1.165, 1.54) is 27.4 Å². The maximum absolute atomic E-state index is 9.85. The zero-order chi connectivity index (χ0) is 8.69. The highest BCUT2D eigenvalue weighted by Gasteiger charge is 2.23. The Labute approximate surface area is 66.8 Å². The number of hydrogen-bond donors (Lipinski definition) is 0. The average Bonchev–Trinajstić information content (AvgIpc) is 2.05. The number of aliphatic imine (C=N–C) groups is 1. The molecule has 64 valence electrons. The molecule has 0 amide bonds. The van der Waals surface area contributed by atoms with Gasteiger partial charge in [-0.1, -0.05) is 0 Å². The molecule has 11 heavy (non-hydrogen) atoms. The van der Waals surface area contributed by atoms with E-state index in [1.54, 1.807) is 0 Å². The van der Waals surface area contributed by atoms with Gasteiger partial charge < -0.3 is 13.6 Å². The summed E-state index contributed by atoms with van der Waals surface area (Å²) in [6, 6.07) is 0. The van der Waals surface area contributed by atoms with Gasteiger partial charge in [-0.2, -0.15) is 4.99 Å². The van der Waals surface area contributed by atoms with E-state index >= 15 is 0 Å². The SMILES string of the molecule is COC(N=C=O)[SiH](OC)OC. The molecule has 0 saturated carbocycles. The molecule has 0 aromatic rings. The van der Waals surface area contributed by atoms with Crippen LogP contribution in [0.2, 0.25) is 0 Å². The minimum Gasteiger partial charge on any atom is -0.397 e. The van der Waals surface area contributed by atoms with Crippen molar-refractivity contribution in [2.75, 3.05) is 21.3 Å². The predicted octanol–water partition coefficient (Wildman–Crippen LogP) is -0.653. The number of isocyanates is 1. The summed E-state index contributed by atoms with van der Waals surface area (Å²) in [5.41, 5.74) is 0. The van der Waals surface area contributed by atoms with Crippen molar-refractivity contribution < 1.29 is 18.4 Å². The van der Waals surface area contributed by atoms with Gasteiger partial charge in [-0.05, 0) is 0 Å². The van der Waals surface area contributed by atoms with Gasteiger partial charge in [-0.3, -0.25) is 0 Å². The van der Waals surface area contributed by atoms with E-state index in [9.17, 15) is 4.79 Å². The molecule has 1 atom stereocenters. The van der Waals surface area contributed by atoms with Gasteiger partial charge in [0.25, 0.3) is 0 Å². The molecule has 0 bridgehead atoms. The van der Waals surface area contributed by atoms with Crippen LogP contribution in [-0.4, -0.2) is 42.5 Å². The molecule has 0 radical (unpaired) electrons. The van der Waals surface area contributed by atoms with E-state index in [0.29, 0.717) is 0 Å². The summed E-state index contributed by atoms with van der Waals surface area (Å²) in [5, 5.41) is 0. The quantitative estimate of drug-likeness (QED) is 0.318. The predicted molar refractivity (Wildman–Crippen MR) is 40.1 cm³/mol. The van der Waals surface area contributed by atoms with Crippen molar-refractivity contribution in [3.63, 3.8) is 0 Å². The first kappa shape index (κ1) is 10.5. The first-order valence-electron chi connectivity index (χ1n) is 2.95. The maximum atomic E-state index is 9.85. The summed E-state index contributed by atoms with van der Waals surface area (Å²) in [7, 11) is 2.44. The van der Waals surface area contributed by atoms with Crippen molar-refractivity contribution in [2.45, 2.75) is 5.85 Å². The van der Waals surface area contributed by atoms with Crippen LogP contribution in [-0.2, 0) is 18.4 Å². The molecule has 0 saturated heterocycles. The minimum atomic E-state index is -1.98. The standard InChI is InChI=1S/C5H11NO4Si/c1-8-5(6-4-7)11(9-2)10-3/h5,11H,1-3H3. The van der Waals surface area contributed by atoms with Crippen molar-refractivity contribution >= 4 is 15.4 Å². The van der Waals surface area contributed by atoms with Gasteiger partial charge >= 0.3 is 9.28 Å². The lowest BCUT2D eigenvalue weighted by molar-refractivity contribution is 0.119. The van der Waals surface area contributed by atoms with E-state index < -0.39 is 15.1 Å². The van der Waals surface area contributed by atoms with Crippen LogP contribution >= 0.6 is 0 Å². The number of hydrogen-bond acceptors (Lipinski definition) is 5. The van der Waals surface area contributed by atoms with Crippen LogP contribution in [0.15, 0.2) is 4.99 Å². The molecule has 1 unspecified atom stereocenters. The van der Waals surface area contributed by atoms with Crippen molar-refractivity contribution in [2.24, 2.45) is 4.99 Å². The molecule has 0 aliphatic heterocycles. The van der Waals surface area contributed by atoms with Crippen LogP contribution in [0.4, 0.5) is 0 Å². The second-order valence-corrected chi connectivity index (χ2v) is 3.94. The van der Waals surface area contributed by atoms with E-state index in [1.807, 2.05) is 0 Å². The molecule has 0 aliphatic carbocycles. The van der Waals surface area contributed by atoms with Crippen LogP contribution in [0.1, 0.15) is 0 Å². The molecule has 0 aliphatic rings. The molecule has 0 rings (SSSR count). The van der Waals surface area contributed by atoms with Gasteiger partial charge in [0.05, 0.1) is 0 Å². The lowest BCUT2D eigenvalue weighted by atomic mass is 11.2. The number of nitrogens with zero attached hydrogens (tertiary/aromatic N) is 1. The van der Waals surface area contributed by atoms with Crippen LogP contribution in [0, 0.1) is 0 Å². The lowest BCUT2D eigenvalue weighted by Gasteiger charge is -2.15. The highest BCUT2D eigenvalue weighted by molar-refractivity contribution is 6.45. The van der Waals surface area contributed by atoms with Crippen LogP contribution in [0.5, 0.6) is 0 Å². The van der Waals surface area contributed by atoms with Gasteiger partial charge in [-0.15, -0.1) is 0 Å². The van der Waals surface area contributed by atoms with Gasteiger partial charge in [0.2, 0.25) is 6.08 Å². The first-order valence-corrected chi connectivity index (χ1v) is 4.56. The zero-order valence-corrected chi connectivity index (χ0v) is 7.89. The van der Waals surface area contributed by atoms with Crippen LogP contribution in [0.25, 0.3) is 0 Å². The molecule has 0 heterocycles. The molecular weight excluding hydrogens is 166 g/mol. The maximum Gasteiger partial charge on any atom is 0.375 e. The summed E-state index contributed by atoms with van der Waals surface area (Å²) in [4.78, 5) is 13.2. The molecular formula is C5H11NO4Si. The largest absolute Gasteiger partial charge is 0.397 e. The second-order valence-electron chi connectivity index (χ2n) is 1.69. The Balaban J connectivity index is 4.08. The topological polar surface area (TPSA) is 57.1 Å². The molecule has 0 aromatic heterocycles. The van der Waals surface area contributed by atoms with Gasteiger partial charge in [-0.25, -0.2) is 4.79 Å². The Morgan fingerprint density at radius 2 is 1.91 bits per heavy atom. The second kappa shape index (κ2) is 6.20. The van der Waals surface area contributed by atoms with E-state index in [4.69, 9.17) is 13.6 Å². The summed E-state index contributed by atoms with van der Waals surface area (Å²) >= 11 is 0. The number of rotatable bonds is 5. The van der Waals surface area contributed by atoms with E-state index in [-0.39, 0.29) is 0 Å². The normalized spacial score (nSPS) is 12.7. The molecule has 0 spiro atoms. The monoisotopic (exact) mass is 177 g/mol. The summed E-state index contributed by atoms with van der Waals surface area (Å²) in [6.45, 7) is 0. The third kappa shape index (κ3) is 3.40. The fourth-order valence-corrected chi connectivity index (χ4v) is 1.67. The Morgan fingerprint density at radius 3 is 2.18 bits per heavy atom. The molecule has 0 N–H and O–H groups in total. The lowest BCUT2D eigenvalue weighted by Crippen LogP contribution is -2.35. The number of ether oxygens (including phenoxy) is 1.